The molecule has 0 saturated heterocycles. The van der Waals surface area contributed by atoms with Gasteiger partial charge in [0.15, 0.2) is 12.4 Å². The number of carboxylic acids is 1. The van der Waals surface area contributed by atoms with E-state index in [0.717, 1.165) is 0 Å². The largest absolute Gasteiger partial charge is 0.480 e. The van der Waals surface area contributed by atoms with Gasteiger partial charge in [-0.3, -0.25) is 0 Å². The van der Waals surface area contributed by atoms with Crippen LogP contribution >= 0.6 is 0 Å². The van der Waals surface area contributed by atoms with Crippen molar-refractivity contribution in [3.05, 3.63) is 12.7 Å². The Morgan fingerprint density at radius 2 is 2.64 bits per heavy atom. The fourth-order valence-electron chi connectivity index (χ4n) is 0.921. The highest BCUT2D eigenvalue weighted by atomic mass is 16.5. The molecule has 0 radical (unpaired) electrons. The molecule has 1 rings (SSSR count). The normalized spacial score (nSPS) is 28.0. The van der Waals surface area contributed by atoms with Crippen LogP contribution in [0, 0.1) is 0 Å². The van der Waals surface area contributed by atoms with Crippen LogP contribution in [0.3, 0.4) is 0 Å². The Bertz CT molecular complexity index is 200. The minimum Gasteiger partial charge on any atom is -0.480 e. The van der Waals surface area contributed by atoms with Crippen molar-refractivity contribution in [3.8, 4) is 0 Å². The number of aliphatic imine (C=N–C) groups is 1. The lowest BCUT2D eigenvalue weighted by atomic mass is 10.1. The van der Waals surface area contributed by atoms with Crippen LogP contribution in [0.4, 0.5) is 0 Å². The molecule has 0 aliphatic carbocycles. The molecule has 4 nitrogen and oxygen atoms in total. The third-order valence-corrected chi connectivity index (χ3v) is 1.46. The molecule has 0 fully saturated rings. The van der Waals surface area contributed by atoms with Crippen molar-refractivity contribution in [2.45, 2.75) is 18.6 Å². The molecule has 1 aliphatic heterocycles. The predicted molar refractivity (Wildman–Crippen MR) is 39.6 cm³/mol. The molecule has 2 atom stereocenters. The van der Waals surface area contributed by atoms with E-state index in [9.17, 15) is 4.79 Å². The SMILES string of the molecule is C=CCC1OC=NC1C(=O)O. The number of rotatable bonds is 3. The van der Waals surface area contributed by atoms with Gasteiger partial charge in [-0.25, -0.2) is 9.79 Å². The summed E-state index contributed by atoms with van der Waals surface area (Å²) in [6, 6.07) is -0.756. The first-order valence-corrected chi connectivity index (χ1v) is 3.26. The van der Waals surface area contributed by atoms with Gasteiger partial charge in [-0.2, -0.15) is 0 Å². The molecule has 1 aliphatic rings. The van der Waals surface area contributed by atoms with E-state index in [-0.39, 0.29) is 6.10 Å². The molecule has 0 aromatic rings. The summed E-state index contributed by atoms with van der Waals surface area (Å²) in [5.41, 5.74) is 0. The Balaban J connectivity index is 2.55. The quantitative estimate of drug-likeness (QED) is 0.601. The number of carbonyl (C=O) groups is 1. The maximum atomic E-state index is 10.5. The van der Waals surface area contributed by atoms with Gasteiger partial charge in [0.1, 0.15) is 6.10 Å². The lowest BCUT2D eigenvalue weighted by molar-refractivity contribution is -0.139. The van der Waals surface area contributed by atoms with Crippen LogP contribution in [-0.4, -0.2) is 29.6 Å². The summed E-state index contributed by atoms with van der Waals surface area (Å²) in [5.74, 6) is -0.953. The van der Waals surface area contributed by atoms with Gasteiger partial charge in [0.2, 0.25) is 0 Å². The Labute approximate surface area is 64.2 Å². The summed E-state index contributed by atoms with van der Waals surface area (Å²) in [4.78, 5) is 14.1. The van der Waals surface area contributed by atoms with E-state index in [1.54, 1.807) is 6.08 Å². The highest BCUT2D eigenvalue weighted by molar-refractivity contribution is 5.77. The van der Waals surface area contributed by atoms with E-state index in [4.69, 9.17) is 9.84 Å². The van der Waals surface area contributed by atoms with Gasteiger partial charge in [0, 0.05) is 6.42 Å². The molecule has 2 unspecified atom stereocenters. The van der Waals surface area contributed by atoms with Gasteiger partial charge in [0.25, 0.3) is 0 Å². The van der Waals surface area contributed by atoms with Gasteiger partial charge in [0.05, 0.1) is 0 Å². The van der Waals surface area contributed by atoms with Crippen molar-refractivity contribution >= 4 is 12.4 Å². The average molecular weight is 155 g/mol. The first kappa shape index (κ1) is 7.78. The van der Waals surface area contributed by atoms with Crippen molar-refractivity contribution < 1.29 is 14.6 Å². The summed E-state index contributed by atoms with van der Waals surface area (Å²) >= 11 is 0. The highest BCUT2D eigenvalue weighted by Crippen LogP contribution is 2.13. The maximum Gasteiger partial charge on any atom is 0.332 e. The van der Waals surface area contributed by atoms with Crippen molar-refractivity contribution in [2.75, 3.05) is 0 Å². The highest BCUT2D eigenvalue weighted by Gasteiger charge is 2.30. The Morgan fingerprint density at radius 1 is 1.91 bits per heavy atom. The molecule has 0 aromatic carbocycles. The van der Waals surface area contributed by atoms with Gasteiger partial charge in [-0.1, -0.05) is 6.08 Å². The number of aliphatic carboxylic acids is 1. The molecular weight excluding hydrogens is 146 g/mol. The van der Waals surface area contributed by atoms with E-state index >= 15 is 0 Å². The lowest BCUT2D eigenvalue weighted by Gasteiger charge is -2.10. The molecule has 0 bridgehead atoms. The number of hydrogen-bond acceptors (Lipinski definition) is 3. The van der Waals surface area contributed by atoms with Crippen LogP contribution in [-0.2, 0) is 9.53 Å². The second-order valence-corrected chi connectivity index (χ2v) is 2.24. The summed E-state index contributed by atoms with van der Waals surface area (Å²) in [7, 11) is 0. The number of hydrogen-bond donors (Lipinski definition) is 1. The number of ether oxygens (including phenoxy) is 1. The molecule has 0 amide bonds. The second-order valence-electron chi connectivity index (χ2n) is 2.24. The molecule has 0 saturated carbocycles. The van der Waals surface area contributed by atoms with E-state index in [0.29, 0.717) is 6.42 Å². The van der Waals surface area contributed by atoms with Gasteiger partial charge >= 0.3 is 5.97 Å². The van der Waals surface area contributed by atoms with Gasteiger partial charge in [-0.15, -0.1) is 6.58 Å². The Morgan fingerprint density at radius 3 is 3.18 bits per heavy atom. The van der Waals surface area contributed by atoms with Crippen LogP contribution in [0.15, 0.2) is 17.6 Å². The van der Waals surface area contributed by atoms with Crippen LogP contribution in [0.1, 0.15) is 6.42 Å². The van der Waals surface area contributed by atoms with Crippen molar-refractivity contribution in [1.82, 2.24) is 0 Å². The average Bonchev–Trinajstić information content (AvgIpc) is 2.36. The molecule has 1 heterocycles. The minimum atomic E-state index is -0.953. The predicted octanol–water partition coefficient (Wildman–Crippen LogP) is 0.443. The van der Waals surface area contributed by atoms with E-state index in [1.807, 2.05) is 0 Å². The standard InChI is InChI=1S/C7H9NO3/c1-2-3-5-6(7(9)10)8-4-11-5/h2,4-6H,1,3H2,(H,9,10). The third kappa shape index (κ3) is 1.58. The molecule has 0 aromatic heterocycles. The Kier molecular flexibility index (Phi) is 2.25. The van der Waals surface area contributed by atoms with Crippen molar-refractivity contribution in [3.63, 3.8) is 0 Å². The second kappa shape index (κ2) is 3.18. The van der Waals surface area contributed by atoms with Crippen LogP contribution in [0.5, 0.6) is 0 Å². The zero-order valence-corrected chi connectivity index (χ0v) is 5.93. The van der Waals surface area contributed by atoms with E-state index < -0.39 is 12.0 Å². The molecule has 11 heavy (non-hydrogen) atoms. The maximum absolute atomic E-state index is 10.5. The summed E-state index contributed by atoms with van der Waals surface area (Å²) < 4.78 is 4.92. The summed E-state index contributed by atoms with van der Waals surface area (Å²) in [6.07, 6.45) is 2.95. The fourth-order valence-corrected chi connectivity index (χ4v) is 0.921. The van der Waals surface area contributed by atoms with E-state index in [1.165, 1.54) is 6.40 Å². The van der Waals surface area contributed by atoms with Crippen LogP contribution in [0.2, 0.25) is 0 Å². The number of nitrogens with zero attached hydrogens (tertiary/aromatic N) is 1. The fraction of sp³-hybridized carbons (Fsp3) is 0.429. The van der Waals surface area contributed by atoms with Crippen molar-refractivity contribution in [2.24, 2.45) is 4.99 Å². The third-order valence-electron chi connectivity index (χ3n) is 1.46. The zero-order chi connectivity index (χ0) is 8.27. The monoisotopic (exact) mass is 155 g/mol. The smallest absolute Gasteiger partial charge is 0.332 e. The lowest BCUT2D eigenvalue weighted by Crippen LogP contribution is -2.29. The molecule has 60 valence electrons. The topological polar surface area (TPSA) is 58.9 Å². The zero-order valence-electron chi connectivity index (χ0n) is 5.93. The summed E-state index contributed by atoms with van der Waals surface area (Å²) in [5, 5.41) is 8.58. The summed E-state index contributed by atoms with van der Waals surface area (Å²) in [6.45, 7) is 3.49. The first-order valence-electron chi connectivity index (χ1n) is 3.26. The van der Waals surface area contributed by atoms with Crippen LogP contribution < -0.4 is 0 Å². The first-order chi connectivity index (χ1) is 5.25. The van der Waals surface area contributed by atoms with Gasteiger partial charge in [-0.05, 0) is 0 Å². The molecule has 1 N–H and O–H groups in total. The molecular formula is C7H9NO3. The number of carboxylic acid groups (broad SMARTS) is 1. The van der Waals surface area contributed by atoms with Gasteiger partial charge < -0.3 is 9.84 Å². The van der Waals surface area contributed by atoms with Crippen molar-refractivity contribution in [1.29, 1.82) is 0 Å². The minimum absolute atomic E-state index is 0.370. The Hall–Kier alpha value is -1.32. The van der Waals surface area contributed by atoms with Crippen LogP contribution in [0.25, 0.3) is 0 Å². The van der Waals surface area contributed by atoms with E-state index in [2.05, 4.69) is 11.6 Å². The molecule has 0 spiro atoms. The molecule has 4 heteroatoms.